The smallest absolute Gasteiger partial charge is 0.194 e. The van der Waals surface area contributed by atoms with Gasteiger partial charge in [-0.3, -0.25) is 0 Å². The van der Waals surface area contributed by atoms with E-state index in [2.05, 4.69) is 63.4 Å². The number of rotatable bonds is 6. The number of hydrogen-bond donors (Lipinski definition) is 1. The van der Waals surface area contributed by atoms with Gasteiger partial charge in [0.2, 0.25) is 0 Å². The minimum atomic E-state index is 0. The third-order valence-corrected chi connectivity index (χ3v) is 5.08. The minimum Gasteiger partial charge on any atom is -0.354 e. The summed E-state index contributed by atoms with van der Waals surface area (Å²) in [5, 5.41) is 3.44. The Labute approximate surface area is 192 Å². The van der Waals surface area contributed by atoms with Crippen LogP contribution in [-0.4, -0.2) is 67.6 Å². The van der Waals surface area contributed by atoms with Crippen LogP contribution in [0, 0.1) is 0 Å². The van der Waals surface area contributed by atoms with Crippen molar-refractivity contribution in [3.63, 3.8) is 0 Å². The van der Waals surface area contributed by atoms with E-state index in [0.717, 1.165) is 51.0 Å². The quantitative estimate of drug-likeness (QED) is 0.370. The van der Waals surface area contributed by atoms with E-state index in [1.54, 1.807) is 0 Å². The van der Waals surface area contributed by atoms with Crippen molar-refractivity contribution >= 4 is 35.8 Å². The van der Waals surface area contributed by atoms with Crippen molar-refractivity contribution in [1.82, 2.24) is 20.1 Å². The molecule has 0 spiro atoms. The highest BCUT2D eigenvalue weighted by Crippen LogP contribution is 2.15. The third-order valence-electron chi connectivity index (χ3n) is 5.08. The molecular weight excluding hydrogens is 475 g/mol. The molecule has 1 aromatic carbocycles. The van der Waals surface area contributed by atoms with E-state index < -0.39 is 0 Å². The highest BCUT2D eigenvalue weighted by atomic mass is 127. The zero-order chi connectivity index (χ0) is 19.8. The number of piperazine rings is 1. The molecule has 158 valence electrons. The molecule has 0 bridgehead atoms. The lowest BCUT2D eigenvalue weighted by Gasteiger charge is -2.34. The maximum absolute atomic E-state index is 4.80. The summed E-state index contributed by atoms with van der Waals surface area (Å²) in [5.41, 5.74) is 2.43. The SMILES string of the molecule is CCN1CCN(c2cc(CN=C(NCc3ccccc3)N(C)C)ccn2)CC1.I. The van der Waals surface area contributed by atoms with Crippen LogP contribution in [-0.2, 0) is 13.1 Å². The summed E-state index contributed by atoms with van der Waals surface area (Å²) in [6.07, 6.45) is 1.90. The first-order valence-electron chi connectivity index (χ1n) is 10.1. The van der Waals surface area contributed by atoms with Crippen LogP contribution in [0.3, 0.4) is 0 Å². The molecule has 1 fully saturated rings. The zero-order valence-electron chi connectivity index (χ0n) is 17.7. The molecule has 1 aromatic heterocycles. The zero-order valence-corrected chi connectivity index (χ0v) is 20.0. The first kappa shape index (κ1) is 23.4. The molecule has 1 N–H and O–H groups in total. The second-order valence-corrected chi connectivity index (χ2v) is 7.32. The lowest BCUT2D eigenvalue weighted by atomic mass is 10.2. The van der Waals surface area contributed by atoms with Gasteiger partial charge in [0, 0.05) is 53.0 Å². The molecule has 29 heavy (non-hydrogen) atoms. The number of nitrogens with zero attached hydrogens (tertiary/aromatic N) is 5. The Hall–Kier alpha value is -1.87. The van der Waals surface area contributed by atoms with Crippen LogP contribution >= 0.6 is 24.0 Å². The predicted molar refractivity (Wildman–Crippen MR) is 132 cm³/mol. The van der Waals surface area contributed by atoms with Gasteiger partial charge in [-0.05, 0) is 29.8 Å². The van der Waals surface area contributed by atoms with Crippen LogP contribution in [0.25, 0.3) is 0 Å². The lowest BCUT2D eigenvalue weighted by molar-refractivity contribution is 0.270. The van der Waals surface area contributed by atoms with Crippen LogP contribution in [0.2, 0.25) is 0 Å². The van der Waals surface area contributed by atoms with Gasteiger partial charge in [0.25, 0.3) is 0 Å². The van der Waals surface area contributed by atoms with Gasteiger partial charge in [-0.2, -0.15) is 0 Å². The summed E-state index contributed by atoms with van der Waals surface area (Å²) >= 11 is 0. The van der Waals surface area contributed by atoms with Crippen LogP contribution < -0.4 is 10.2 Å². The fraction of sp³-hybridized carbons (Fsp3) is 0.455. The number of likely N-dealkylation sites (N-methyl/N-ethyl adjacent to an activating group) is 1. The number of pyridine rings is 1. The second-order valence-electron chi connectivity index (χ2n) is 7.32. The maximum atomic E-state index is 4.80. The normalized spacial score (nSPS) is 15.0. The number of nitrogens with one attached hydrogen (secondary N) is 1. The van der Waals surface area contributed by atoms with E-state index in [4.69, 9.17) is 4.99 Å². The molecule has 6 nitrogen and oxygen atoms in total. The van der Waals surface area contributed by atoms with Crippen LogP contribution in [0.15, 0.2) is 53.7 Å². The molecule has 2 heterocycles. The Kier molecular flexibility index (Phi) is 9.66. The van der Waals surface area contributed by atoms with E-state index in [-0.39, 0.29) is 24.0 Å². The first-order chi connectivity index (χ1) is 13.7. The van der Waals surface area contributed by atoms with E-state index in [1.807, 2.05) is 31.3 Å². The maximum Gasteiger partial charge on any atom is 0.194 e. The Balaban J connectivity index is 0.00000300. The number of hydrogen-bond acceptors (Lipinski definition) is 4. The van der Waals surface area contributed by atoms with E-state index in [9.17, 15) is 0 Å². The van der Waals surface area contributed by atoms with Gasteiger partial charge in [0.15, 0.2) is 5.96 Å². The Morgan fingerprint density at radius 1 is 1.07 bits per heavy atom. The lowest BCUT2D eigenvalue weighted by Crippen LogP contribution is -2.46. The van der Waals surface area contributed by atoms with Crippen molar-refractivity contribution in [1.29, 1.82) is 0 Å². The highest BCUT2D eigenvalue weighted by Gasteiger charge is 2.16. The molecule has 0 radical (unpaired) electrons. The summed E-state index contributed by atoms with van der Waals surface area (Å²) in [7, 11) is 4.03. The number of anilines is 1. The Bertz CT molecular complexity index is 757. The summed E-state index contributed by atoms with van der Waals surface area (Å²) in [6.45, 7) is 9.04. The molecule has 0 aliphatic carbocycles. The van der Waals surface area contributed by atoms with Crippen molar-refractivity contribution in [2.24, 2.45) is 4.99 Å². The molecule has 1 aliphatic rings. The number of aromatic nitrogens is 1. The van der Waals surface area contributed by atoms with Gasteiger partial charge in [-0.1, -0.05) is 37.3 Å². The van der Waals surface area contributed by atoms with Gasteiger partial charge < -0.3 is 20.0 Å². The monoisotopic (exact) mass is 508 g/mol. The van der Waals surface area contributed by atoms with Crippen LogP contribution in [0.5, 0.6) is 0 Å². The van der Waals surface area contributed by atoms with Crippen LogP contribution in [0.4, 0.5) is 5.82 Å². The minimum absolute atomic E-state index is 0. The molecule has 1 aliphatic heterocycles. The summed E-state index contributed by atoms with van der Waals surface area (Å²) in [4.78, 5) is 16.3. The largest absolute Gasteiger partial charge is 0.354 e. The standard InChI is InChI=1S/C22H32N6.HI/c1-4-27-12-14-28(15-13-27)21-16-20(10-11-23-21)18-25-22(26(2)3)24-17-19-8-6-5-7-9-19;/h5-11,16H,4,12-15,17-18H2,1-3H3,(H,24,25);1H. The van der Waals surface area contributed by atoms with Crippen molar-refractivity contribution in [3.8, 4) is 0 Å². The average Bonchev–Trinajstić information content (AvgIpc) is 2.74. The molecule has 0 saturated carbocycles. The van der Waals surface area contributed by atoms with Gasteiger partial charge in [-0.15, -0.1) is 24.0 Å². The summed E-state index contributed by atoms with van der Waals surface area (Å²) in [5.74, 6) is 1.95. The molecule has 2 aromatic rings. The van der Waals surface area contributed by atoms with Gasteiger partial charge in [0.1, 0.15) is 5.82 Å². The van der Waals surface area contributed by atoms with E-state index >= 15 is 0 Å². The highest BCUT2D eigenvalue weighted by molar-refractivity contribution is 14.0. The van der Waals surface area contributed by atoms with Crippen LogP contribution in [0.1, 0.15) is 18.1 Å². The molecule has 0 amide bonds. The van der Waals surface area contributed by atoms with Gasteiger partial charge in [0.05, 0.1) is 6.54 Å². The van der Waals surface area contributed by atoms with Gasteiger partial charge in [-0.25, -0.2) is 9.98 Å². The topological polar surface area (TPSA) is 47.0 Å². The fourth-order valence-electron chi connectivity index (χ4n) is 3.32. The van der Waals surface area contributed by atoms with Crippen molar-refractivity contribution in [3.05, 3.63) is 59.8 Å². The van der Waals surface area contributed by atoms with Crippen molar-refractivity contribution in [2.75, 3.05) is 51.7 Å². The van der Waals surface area contributed by atoms with Crippen molar-refractivity contribution < 1.29 is 0 Å². The summed E-state index contributed by atoms with van der Waals surface area (Å²) < 4.78 is 0. The number of aliphatic imine (C=N–C) groups is 1. The molecule has 0 unspecified atom stereocenters. The Morgan fingerprint density at radius 2 is 1.79 bits per heavy atom. The molecule has 3 rings (SSSR count). The molecule has 0 atom stereocenters. The predicted octanol–water partition coefficient (Wildman–Crippen LogP) is 3.05. The first-order valence-corrected chi connectivity index (χ1v) is 10.1. The molecule has 1 saturated heterocycles. The molecular formula is C22H33IN6. The fourth-order valence-corrected chi connectivity index (χ4v) is 3.32. The molecule has 7 heteroatoms. The summed E-state index contributed by atoms with van der Waals surface area (Å²) in [6, 6.07) is 14.6. The average molecular weight is 508 g/mol. The van der Waals surface area contributed by atoms with E-state index in [0.29, 0.717) is 6.54 Å². The second kappa shape index (κ2) is 12.0. The van der Waals surface area contributed by atoms with Crippen molar-refractivity contribution in [2.45, 2.75) is 20.0 Å². The number of halogens is 1. The van der Waals surface area contributed by atoms with E-state index in [1.165, 1.54) is 11.1 Å². The Morgan fingerprint density at radius 3 is 2.45 bits per heavy atom. The third kappa shape index (κ3) is 7.15. The van der Waals surface area contributed by atoms with Gasteiger partial charge >= 0.3 is 0 Å². The number of benzene rings is 1. The number of guanidine groups is 1.